The van der Waals surface area contributed by atoms with Crippen LogP contribution in [0.3, 0.4) is 0 Å². The first-order chi connectivity index (χ1) is 6.75. The molecule has 4 heteroatoms. The van der Waals surface area contributed by atoms with Crippen molar-refractivity contribution in [2.45, 2.75) is 19.4 Å². The van der Waals surface area contributed by atoms with Crippen LogP contribution in [0.4, 0.5) is 0 Å². The fourth-order valence-corrected chi connectivity index (χ4v) is 1.40. The van der Waals surface area contributed by atoms with Crippen molar-refractivity contribution in [2.24, 2.45) is 0 Å². The van der Waals surface area contributed by atoms with Gasteiger partial charge in [-0.2, -0.15) is 0 Å². The number of pyridine rings is 1. The smallest absolute Gasteiger partial charge is 0.138 e. The molecular formula is C10H13ClN2O. The Morgan fingerprint density at radius 3 is 3.07 bits per heavy atom. The summed E-state index contributed by atoms with van der Waals surface area (Å²) in [6.07, 6.45) is 2.86. The molecular weight excluding hydrogens is 200 g/mol. The fraction of sp³-hybridized carbons (Fsp3) is 0.500. The lowest BCUT2D eigenvalue weighted by Crippen LogP contribution is -2.46. The minimum Gasteiger partial charge on any atom is -0.490 e. The maximum absolute atomic E-state index is 5.80. The van der Waals surface area contributed by atoms with Gasteiger partial charge in [0, 0.05) is 6.04 Å². The van der Waals surface area contributed by atoms with Gasteiger partial charge in [0.15, 0.2) is 0 Å². The van der Waals surface area contributed by atoms with E-state index in [9.17, 15) is 0 Å². The van der Waals surface area contributed by atoms with Crippen LogP contribution in [-0.2, 0) is 0 Å². The average Bonchev–Trinajstić information content (AvgIpc) is 2.08. The largest absolute Gasteiger partial charge is 0.490 e. The topological polar surface area (TPSA) is 34.1 Å². The predicted molar refractivity (Wildman–Crippen MR) is 55.9 cm³/mol. The molecule has 0 amide bonds. The van der Waals surface area contributed by atoms with Gasteiger partial charge in [-0.15, -0.1) is 0 Å². The van der Waals surface area contributed by atoms with Crippen LogP contribution in [0, 0.1) is 6.92 Å². The third kappa shape index (κ3) is 2.16. The summed E-state index contributed by atoms with van der Waals surface area (Å²) in [4.78, 5) is 4.02. The number of halogens is 1. The molecule has 1 N–H and O–H groups in total. The van der Waals surface area contributed by atoms with Crippen molar-refractivity contribution in [3.8, 4) is 5.75 Å². The number of rotatable bonds is 3. The third-order valence-corrected chi connectivity index (χ3v) is 2.76. The highest BCUT2D eigenvalue weighted by atomic mass is 35.5. The maximum atomic E-state index is 5.80. The Labute approximate surface area is 88.4 Å². The molecule has 0 spiro atoms. The second-order valence-electron chi connectivity index (χ2n) is 3.53. The van der Waals surface area contributed by atoms with Gasteiger partial charge in [0.1, 0.15) is 17.5 Å². The number of hydrogen-bond donors (Lipinski definition) is 1. The molecule has 76 valence electrons. The van der Waals surface area contributed by atoms with E-state index in [2.05, 4.69) is 10.3 Å². The molecule has 1 aliphatic rings. The average molecular weight is 213 g/mol. The van der Waals surface area contributed by atoms with E-state index in [1.165, 1.54) is 6.42 Å². The number of aromatic nitrogens is 1. The van der Waals surface area contributed by atoms with E-state index in [-0.39, 0.29) is 0 Å². The Bertz CT molecular complexity index is 326. The molecule has 0 radical (unpaired) electrons. The summed E-state index contributed by atoms with van der Waals surface area (Å²) >= 11 is 5.80. The molecule has 2 rings (SSSR count). The molecule has 0 unspecified atom stereocenters. The minimum absolute atomic E-state index is 0.506. The number of aryl methyl sites for hydroxylation is 1. The molecule has 2 heterocycles. The summed E-state index contributed by atoms with van der Waals surface area (Å²) in [5.41, 5.74) is 0.950. The maximum Gasteiger partial charge on any atom is 0.138 e. The van der Waals surface area contributed by atoms with Gasteiger partial charge in [0.05, 0.1) is 6.20 Å². The van der Waals surface area contributed by atoms with Crippen molar-refractivity contribution < 1.29 is 4.74 Å². The van der Waals surface area contributed by atoms with Crippen LogP contribution in [0.1, 0.15) is 12.0 Å². The van der Waals surface area contributed by atoms with E-state index in [4.69, 9.17) is 16.3 Å². The SMILES string of the molecule is Cc1cc(OC[C@@H]2CCN2)cnc1Cl. The first-order valence-electron chi connectivity index (χ1n) is 4.74. The third-order valence-electron chi connectivity index (χ3n) is 2.37. The Morgan fingerprint density at radius 2 is 2.50 bits per heavy atom. The van der Waals surface area contributed by atoms with E-state index in [0.29, 0.717) is 17.8 Å². The molecule has 3 nitrogen and oxygen atoms in total. The lowest BCUT2D eigenvalue weighted by Gasteiger charge is -2.27. The lowest BCUT2D eigenvalue weighted by molar-refractivity contribution is 0.217. The zero-order valence-electron chi connectivity index (χ0n) is 8.09. The molecule has 1 saturated heterocycles. The lowest BCUT2D eigenvalue weighted by atomic mass is 10.1. The van der Waals surface area contributed by atoms with Crippen LogP contribution in [0.2, 0.25) is 5.15 Å². The van der Waals surface area contributed by atoms with Gasteiger partial charge in [-0.05, 0) is 31.5 Å². The van der Waals surface area contributed by atoms with Crippen LogP contribution in [0.5, 0.6) is 5.75 Å². The van der Waals surface area contributed by atoms with Crippen LogP contribution in [0.15, 0.2) is 12.3 Å². The van der Waals surface area contributed by atoms with Gasteiger partial charge >= 0.3 is 0 Å². The highest BCUT2D eigenvalue weighted by Gasteiger charge is 2.16. The molecule has 14 heavy (non-hydrogen) atoms. The van der Waals surface area contributed by atoms with E-state index < -0.39 is 0 Å². The summed E-state index contributed by atoms with van der Waals surface area (Å²) < 4.78 is 5.56. The summed E-state index contributed by atoms with van der Waals surface area (Å²) in [7, 11) is 0. The molecule has 1 atom stereocenters. The summed E-state index contributed by atoms with van der Waals surface area (Å²) in [5.74, 6) is 0.792. The first kappa shape index (κ1) is 9.74. The number of ether oxygens (including phenoxy) is 1. The van der Waals surface area contributed by atoms with Gasteiger partial charge in [-0.25, -0.2) is 4.98 Å². The predicted octanol–water partition coefficient (Wildman–Crippen LogP) is 1.78. The van der Waals surface area contributed by atoms with Crippen molar-refractivity contribution in [3.05, 3.63) is 23.0 Å². The zero-order valence-corrected chi connectivity index (χ0v) is 8.84. The normalized spacial score (nSPS) is 20.3. The van der Waals surface area contributed by atoms with Crippen LogP contribution in [0.25, 0.3) is 0 Å². The van der Waals surface area contributed by atoms with Crippen molar-refractivity contribution in [3.63, 3.8) is 0 Å². The summed E-state index contributed by atoms with van der Waals surface area (Å²) in [6.45, 7) is 3.73. The van der Waals surface area contributed by atoms with Gasteiger partial charge in [-0.3, -0.25) is 0 Å². The van der Waals surface area contributed by atoms with E-state index in [0.717, 1.165) is 17.9 Å². The van der Waals surface area contributed by atoms with E-state index >= 15 is 0 Å². The molecule has 0 aliphatic carbocycles. The van der Waals surface area contributed by atoms with Gasteiger partial charge in [0.25, 0.3) is 0 Å². The molecule has 1 aromatic heterocycles. The van der Waals surface area contributed by atoms with Crippen molar-refractivity contribution >= 4 is 11.6 Å². The van der Waals surface area contributed by atoms with Crippen LogP contribution in [-0.4, -0.2) is 24.2 Å². The van der Waals surface area contributed by atoms with Crippen LogP contribution >= 0.6 is 11.6 Å². The highest BCUT2D eigenvalue weighted by molar-refractivity contribution is 6.30. The fourth-order valence-electron chi connectivity index (χ4n) is 1.30. The second kappa shape index (κ2) is 4.15. The molecule has 1 aliphatic heterocycles. The quantitative estimate of drug-likeness (QED) is 0.776. The van der Waals surface area contributed by atoms with Crippen LogP contribution < -0.4 is 10.1 Å². The Balaban J connectivity index is 1.91. The second-order valence-corrected chi connectivity index (χ2v) is 3.89. The summed E-state index contributed by atoms with van der Waals surface area (Å²) in [5, 5.41) is 3.81. The van der Waals surface area contributed by atoms with Crippen molar-refractivity contribution in [2.75, 3.05) is 13.2 Å². The Morgan fingerprint density at radius 1 is 1.71 bits per heavy atom. The first-order valence-corrected chi connectivity index (χ1v) is 5.12. The van der Waals surface area contributed by atoms with E-state index in [1.807, 2.05) is 13.0 Å². The highest BCUT2D eigenvalue weighted by Crippen LogP contribution is 2.18. The molecule has 0 aromatic carbocycles. The van der Waals surface area contributed by atoms with E-state index in [1.54, 1.807) is 6.20 Å². The minimum atomic E-state index is 0.506. The zero-order chi connectivity index (χ0) is 9.97. The molecule has 0 saturated carbocycles. The molecule has 1 fully saturated rings. The Kier molecular flexibility index (Phi) is 2.89. The molecule has 1 aromatic rings. The van der Waals surface area contributed by atoms with Gasteiger partial charge in [0.2, 0.25) is 0 Å². The van der Waals surface area contributed by atoms with Gasteiger partial charge < -0.3 is 10.1 Å². The number of nitrogens with one attached hydrogen (secondary N) is 1. The van der Waals surface area contributed by atoms with Crippen molar-refractivity contribution in [1.29, 1.82) is 0 Å². The van der Waals surface area contributed by atoms with Crippen molar-refractivity contribution in [1.82, 2.24) is 10.3 Å². The number of nitrogens with zero attached hydrogens (tertiary/aromatic N) is 1. The Hall–Kier alpha value is -0.800. The summed E-state index contributed by atoms with van der Waals surface area (Å²) in [6, 6.07) is 2.42. The monoisotopic (exact) mass is 212 g/mol. The number of hydrogen-bond acceptors (Lipinski definition) is 3. The standard InChI is InChI=1S/C10H13ClN2O/c1-7-4-9(5-13-10(7)11)14-6-8-2-3-12-8/h4-5,8,12H,2-3,6H2,1H3/t8-/m0/s1. The van der Waals surface area contributed by atoms with Gasteiger partial charge in [-0.1, -0.05) is 11.6 Å². The molecule has 0 bridgehead atoms.